The van der Waals surface area contributed by atoms with Gasteiger partial charge in [0.05, 0.1) is 13.1 Å². The van der Waals surface area contributed by atoms with Gasteiger partial charge in [0.2, 0.25) is 0 Å². The van der Waals surface area contributed by atoms with Crippen molar-refractivity contribution in [2.24, 2.45) is 7.05 Å². The third-order valence-electron chi connectivity index (χ3n) is 4.87. The Kier molecular flexibility index (Phi) is 4.98. The van der Waals surface area contributed by atoms with Crippen LogP contribution in [0, 0.1) is 6.92 Å². The van der Waals surface area contributed by atoms with Crippen LogP contribution >= 0.6 is 11.6 Å². The van der Waals surface area contributed by atoms with Gasteiger partial charge in [-0.15, -0.1) is 0 Å². The summed E-state index contributed by atoms with van der Waals surface area (Å²) in [6.07, 6.45) is 0. The van der Waals surface area contributed by atoms with E-state index in [-0.39, 0.29) is 0 Å². The van der Waals surface area contributed by atoms with E-state index in [9.17, 15) is 9.59 Å². The topological polar surface area (TPSA) is 84.7 Å². The van der Waals surface area contributed by atoms with Crippen LogP contribution in [0.4, 0.5) is 5.69 Å². The van der Waals surface area contributed by atoms with Crippen molar-refractivity contribution in [3.63, 3.8) is 0 Å². The number of rotatable bonds is 5. The van der Waals surface area contributed by atoms with E-state index in [4.69, 9.17) is 11.6 Å². The van der Waals surface area contributed by atoms with Crippen molar-refractivity contribution in [3.05, 3.63) is 91.3 Å². The molecular formula is C21H20ClN5O2. The summed E-state index contributed by atoms with van der Waals surface area (Å²) in [4.78, 5) is 31.6. The first-order valence-electron chi connectivity index (χ1n) is 9.16. The highest BCUT2D eigenvalue weighted by molar-refractivity contribution is 6.31. The van der Waals surface area contributed by atoms with Crippen LogP contribution in [0.25, 0.3) is 11.2 Å². The number of hydrogen-bond acceptors (Lipinski definition) is 4. The van der Waals surface area contributed by atoms with Gasteiger partial charge in [0, 0.05) is 17.8 Å². The molecule has 0 spiro atoms. The zero-order chi connectivity index (χ0) is 20.5. The number of anilines is 1. The molecule has 8 heteroatoms. The molecule has 0 saturated heterocycles. The molecule has 2 aromatic heterocycles. The highest BCUT2D eigenvalue weighted by Gasteiger charge is 2.18. The molecule has 4 rings (SSSR count). The van der Waals surface area contributed by atoms with Gasteiger partial charge in [-0.25, -0.2) is 9.78 Å². The fraction of sp³-hybridized carbons (Fsp3) is 0.190. The van der Waals surface area contributed by atoms with E-state index in [1.54, 1.807) is 17.7 Å². The summed E-state index contributed by atoms with van der Waals surface area (Å²) in [6, 6.07) is 15.5. The van der Waals surface area contributed by atoms with Crippen molar-refractivity contribution in [2.75, 3.05) is 5.32 Å². The van der Waals surface area contributed by atoms with E-state index in [1.165, 1.54) is 10.1 Å². The van der Waals surface area contributed by atoms with Crippen LogP contribution < -0.4 is 16.6 Å². The van der Waals surface area contributed by atoms with E-state index in [2.05, 4.69) is 15.3 Å². The maximum atomic E-state index is 12.6. The number of hydrogen-bond donors (Lipinski definition) is 2. The molecule has 0 saturated carbocycles. The van der Waals surface area contributed by atoms with Crippen molar-refractivity contribution in [2.45, 2.75) is 20.0 Å². The number of aryl methyl sites for hydroxylation is 2. The van der Waals surface area contributed by atoms with Gasteiger partial charge in [0.1, 0.15) is 5.82 Å². The molecular weight excluding hydrogens is 390 g/mol. The van der Waals surface area contributed by atoms with E-state index in [0.29, 0.717) is 35.1 Å². The van der Waals surface area contributed by atoms with Crippen LogP contribution in [0.1, 0.15) is 17.0 Å². The first-order chi connectivity index (χ1) is 13.9. The molecule has 2 heterocycles. The number of benzene rings is 2. The Morgan fingerprint density at radius 2 is 1.83 bits per heavy atom. The summed E-state index contributed by atoms with van der Waals surface area (Å²) < 4.78 is 3.14. The van der Waals surface area contributed by atoms with Crippen molar-refractivity contribution in [1.29, 1.82) is 0 Å². The van der Waals surface area contributed by atoms with E-state index in [1.807, 2.05) is 49.4 Å². The fourth-order valence-electron chi connectivity index (χ4n) is 3.23. The molecule has 7 nitrogen and oxygen atoms in total. The monoisotopic (exact) mass is 409 g/mol. The van der Waals surface area contributed by atoms with Crippen molar-refractivity contribution in [1.82, 2.24) is 19.1 Å². The zero-order valence-corrected chi connectivity index (χ0v) is 16.8. The Morgan fingerprint density at radius 1 is 1.10 bits per heavy atom. The summed E-state index contributed by atoms with van der Waals surface area (Å²) in [6.45, 7) is 2.78. The lowest BCUT2D eigenvalue weighted by atomic mass is 10.2. The van der Waals surface area contributed by atoms with Crippen molar-refractivity contribution >= 4 is 28.5 Å². The second-order valence-corrected chi connectivity index (χ2v) is 7.32. The number of aromatic nitrogens is 4. The maximum Gasteiger partial charge on any atom is 0.329 e. The van der Waals surface area contributed by atoms with Gasteiger partial charge in [-0.05, 0) is 30.7 Å². The minimum absolute atomic E-state index is 0.339. The molecule has 0 unspecified atom stereocenters. The molecule has 0 aliphatic rings. The van der Waals surface area contributed by atoms with Gasteiger partial charge >= 0.3 is 5.69 Å². The smallest absolute Gasteiger partial charge is 0.329 e. The summed E-state index contributed by atoms with van der Waals surface area (Å²) >= 11 is 6.34. The van der Waals surface area contributed by atoms with E-state index < -0.39 is 11.2 Å². The minimum Gasteiger partial charge on any atom is -0.378 e. The number of imidazole rings is 1. The molecule has 0 bridgehead atoms. The molecule has 2 N–H and O–H groups in total. The summed E-state index contributed by atoms with van der Waals surface area (Å²) in [5, 5.41) is 3.93. The third kappa shape index (κ3) is 3.69. The Bertz CT molecular complexity index is 1300. The summed E-state index contributed by atoms with van der Waals surface area (Å²) in [5.74, 6) is 0.632. The van der Waals surface area contributed by atoms with Gasteiger partial charge < -0.3 is 9.88 Å². The highest BCUT2D eigenvalue weighted by Crippen LogP contribution is 2.20. The molecule has 0 atom stereocenters. The van der Waals surface area contributed by atoms with Gasteiger partial charge in [-0.2, -0.15) is 0 Å². The lowest BCUT2D eigenvalue weighted by molar-refractivity contribution is 0.753. The zero-order valence-electron chi connectivity index (χ0n) is 16.1. The van der Waals surface area contributed by atoms with Crippen LogP contribution in [0.5, 0.6) is 0 Å². The molecule has 0 aliphatic heterocycles. The first-order valence-corrected chi connectivity index (χ1v) is 9.54. The molecule has 0 radical (unpaired) electrons. The number of H-pyrrole nitrogens is 1. The van der Waals surface area contributed by atoms with Crippen LogP contribution in [0.2, 0.25) is 5.02 Å². The second kappa shape index (κ2) is 7.60. The van der Waals surface area contributed by atoms with Gasteiger partial charge in [-0.3, -0.25) is 14.3 Å². The largest absolute Gasteiger partial charge is 0.378 e. The highest BCUT2D eigenvalue weighted by atomic mass is 35.5. The first kappa shape index (κ1) is 19.0. The second-order valence-electron chi connectivity index (χ2n) is 6.92. The number of fused-ring (bicyclic) bond motifs is 1. The van der Waals surface area contributed by atoms with Crippen LogP contribution in [-0.2, 0) is 20.1 Å². The van der Waals surface area contributed by atoms with E-state index >= 15 is 0 Å². The predicted octanol–water partition coefficient (Wildman–Crippen LogP) is 3.05. The number of nitrogens with one attached hydrogen (secondary N) is 2. The summed E-state index contributed by atoms with van der Waals surface area (Å²) in [5.41, 5.74) is 2.68. The Balaban J connectivity index is 1.81. The quantitative estimate of drug-likeness (QED) is 0.530. The molecule has 29 heavy (non-hydrogen) atoms. The molecule has 4 aromatic rings. The Morgan fingerprint density at radius 3 is 2.55 bits per heavy atom. The Labute approximate surface area is 171 Å². The van der Waals surface area contributed by atoms with Gasteiger partial charge in [0.25, 0.3) is 5.56 Å². The van der Waals surface area contributed by atoms with Crippen LogP contribution in [-0.4, -0.2) is 19.1 Å². The molecule has 0 fully saturated rings. The van der Waals surface area contributed by atoms with Crippen LogP contribution in [0.15, 0.2) is 58.1 Å². The average Bonchev–Trinajstić information content (AvgIpc) is 3.06. The van der Waals surface area contributed by atoms with E-state index in [0.717, 1.165) is 11.3 Å². The van der Waals surface area contributed by atoms with Gasteiger partial charge in [-0.1, -0.05) is 47.5 Å². The van der Waals surface area contributed by atoms with Crippen LogP contribution in [0.3, 0.4) is 0 Å². The lowest BCUT2D eigenvalue weighted by Gasteiger charge is -2.12. The fourth-order valence-corrected chi connectivity index (χ4v) is 3.43. The molecule has 148 valence electrons. The predicted molar refractivity (Wildman–Crippen MR) is 115 cm³/mol. The normalized spacial score (nSPS) is 11.1. The van der Waals surface area contributed by atoms with Crippen molar-refractivity contribution in [3.8, 4) is 0 Å². The SMILES string of the molecule is Cc1ccc(NCc2nc3c(c(=O)[nH]c(=O)n3C)n2Cc2ccccc2Cl)cc1. The van der Waals surface area contributed by atoms with Crippen molar-refractivity contribution < 1.29 is 0 Å². The molecule has 2 aromatic carbocycles. The summed E-state index contributed by atoms with van der Waals surface area (Å²) in [7, 11) is 1.59. The van der Waals surface area contributed by atoms with Gasteiger partial charge in [0.15, 0.2) is 11.2 Å². The number of nitrogens with zero attached hydrogens (tertiary/aromatic N) is 3. The average molecular weight is 410 g/mol. The Hall–Kier alpha value is -3.32. The standard InChI is InChI=1S/C21H20ClN5O2/c1-13-7-9-15(10-8-13)23-11-17-24-19-18(20(28)25-21(29)26(19)2)27(17)12-14-5-3-4-6-16(14)22/h3-10,23H,11-12H2,1-2H3,(H,25,28,29). The number of aromatic amines is 1. The maximum absolute atomic E-state index is 12.6. The third-order valence-corrected chi connectivity index (χ3v) is 5.24. The molecule has 0 aliphatic carbocycles. The molecule has 0 amide bonds. The lowest BCUT2D eigenvalue weighted by Crippen LogP contribution is -2.29. The minimum atomic E-state index is -0.497. The number of halogens is 1.